The fourth-order valence-corrected chi connectivity index (χ4v) is 2.08. The SMILES string of the molecule is O=C(Cc1ccc(F)c(F)c1)NCC1(CCl)CC1. The number of benzene rings is 1. The van der Waals surface area contributed by atoms with Crippen LogP contribution in [-0.4, -0.2) is 18.3 Å². The number of alkyl halides is 1. The first-order valence-corrected chi connectivity index (χ1v) is 6.35. The molecule has 1 aliphatic rings. The molecule has 98 valence electrons. The van der Waals surface area contributed by atoms with Crippen LogP contribution in [0.15, 0.2) is 18.2 Å². The van der Waals surface area contributed by atoms with Gasteiger partial charge in [0.1, 0.15) is 0 Å². The van der Waals surface area contributed by atoms with Crippen molar-refractivity contribution in [3.8, 4) is 0 Å². The molecule has 0 atom stereocenters. The molecule has 2 rings (SSSR count). The van der Waals surface area contributed by atoms with Crippen molar-refractivity contribution < 1.29 is 13.6 Å². The molecule has 18 heavy (non-hydrogen) atoms. The monoisotopic (exact) mass is 273 g/mol. The van der Waals surface area contributed by atoms with Gasteiger partial charge in [-0.1, -0.05) is 6.07 Å². The Balaban J connectivity index is 1.85. The van der Waals surface area contributed by atoms with E-state index in [1.807, 2.05) is 0 Å². The molecule has 0 radical (unpaired) electrons. The van der Waals surface area contributed by atoms with Gasteiger partial charge in [-0.05, 0) is 30.5 Å². The molecule has 1 amide bonds. The zero-order valence-corrected chi connectivity index (χ0v) is 10.6. The summed E-state index contributed by atoms with van der Waals surface area (Å²) in [6.45, 7) is 0.555. The summed E-state index contributed by atoms with van der Waals surface area (Å²) in [6, 6.07) is 3.48. The second-order valence-corrected chi connectivity index (χ2v) is 5.10. The molecule has 5 heteroatoms. The average Bonchev–Trinajstić information content (AvgIpc) is 3.12. The van der Waals surface area contributed by atoms with Crippen LogP contribution in [0.25, 0.3) is 0 Å². The third-order valence-corrected chi connectivity index (χ3v) is 3.82. The van der Waals surface area contributed by atoms with Gasteiger partial charge in [0.25, 0.3) is 0 Å². The minimum absolute atomic E-state index is 0.0512. The predicted octanol–water partition coefficient (Wildman–Crippen LogP) is 2.64. The van der Waals surface area contributed by atoms with Gasteiger partial charge < -0.3 is 5.32 Å². The highest BCUT2D eigenvalue weighted by Crippen LogP contribution is 2.45. The highest BCUT2D eigenvalue weighted by Gasteiger charge is 2.41. The lowest BCUT2D eigenvalue weighted by Crippen LogP contribution is -2.32. The maximum Gasteiger partial charge on any atom is 0.224 e. The van der Waals surface area contributed by atoms with E-state index in [1.165, 1.54) is 6.07 Å². The molecule has 0 bridgehead atoms. The molecule has 1 aliphatic carbocycles. The molecule has 1 fully saturated rings. The van der Waals surface area contributed by atoms with Crippen LogP contribution < -0.4 is 5.32 Å². The Hall–Kier alpha value is -1.16. The quantitative estimate of drug-likeness (QED) is 0.821. The Morgan fingerprint density at radius 1 is 1.33 bits per heavy atom. The summed E-state index contributed by atoms with van der Waals surface area (Å²) in [4.78, 5) is 11.6. The lowest BCUT2D eigenvalue weighted by molar-refractivity contribution is -0.120. The van der Waals surface area contributed by atoms with E-state index in [0.29, 0.717) is 18.0 Å². The van der Waals surface area contributed by atoms with Crippen molar-refractivity contribution in [2.24, 2.45) is 5.41 Å². The topological polar surface area (TPSA) is 29.1 Å². The van der Waals surface area contributed by atoms with Crippen molar-refractivity contribution in [3.63, 3.8) is 0 Å². The number of hydrogen-bond acceptors (Lipinski definition) is 1. The minimum Gasteiger partial charge on any atom is -0.355 e. The van der Waals surface area contributed by atoms with E-state index < -0.39 is 11.6 Å². The summed E-state index contributed by atoms with van der Waals surface area (Å²) in [5, 5.41) is 2.78. The summed E-state index contributed by atoms with van der Waals surface area (Å²) in [7, 11) is 0. The van der Waals surface area contributed by atoms with Crippen LogP contribution >= 0.6 is 11.6 Å². The molecule has 0 unspecified atom stereocenters. The second kappa shape index (κ2) is 5.22. The summed E-state index contributed by atoms with van der Waals surface area (Å²) in [5.41, 5.74) is 0.521. The largest absolute Gasteiger partial charge is 0.355 e. The lowest BCUT2D eigenvalue weighted by atomic mass is 10.1. The minimum atomic E-state index is -0.931. The first kappa shape index (κ1) is 13.3. The van der Waals surface area contributed by atoms with E-state index in [4.69, 9.17) is 11.6 Å². The summed E-state index contributed by atoms with van der Waals surface area (Å²) >= 11 is 5.79. The molecule has 0 spiro atoms. The molecule has 1 saturated carbocycles. The van der Waals surface area contributed by atoms with Crippen molar-refractivity contribution in [2.75, 3.05) is 12.4 Å². The second-order valence-electron chi connectivity index (χ2n) is 4.84. The van der Waals surface area contributed by atoms with Gasteiger partial charge in [0.05, 0.1) is 6.42 Å². The van der Waals surface area contributed by atoms with Gasteiger partial charge in [-0.15, -0.1) is 11.6 Å². The van der Waals surface area contributed by atoms with Gasteiger partial charge in [0, 0.05) is 17.8 Å². The molecule has 2 nitrogen and oxygen atoms in total. The van der Waals surface area contributed by atoms with Crippen LogP contribution in [0.3, 0.4) is 0 Å². The number of rotatable bonds is 5. The van der Waals surface area contributed by atoms with Crippen molar-refractivity contribution in [1.29, 1.82) is 0 Å². The summed E-state index contributed by atoms with van der Waals surface area (Å²) < 4.78 is 25.6. The van der Waals surface area contributed by atoms with Crippen molar-refractivity contribution in [3.05, 3.63) is 35.4 Å². The fraction of sp³-hybridized carbons (Fsp3) is 0.462. The van der Waals surface area contributed by atoms with Gasteiger partial charge in [0.2, 0.25) is 5.91 Å². The van der Waals surface area contributed by atoms with E-state index in [0.717, 1.165) is 25.0 Å². The van der Waals surface area contributed by atoms with Gasteiger partial charge in [-0.25, -0.2) is 8.78 Å². The zero-order valence-electron chi connectivity index (χ0n) is 9.81. The molecular weight excluding hydrogens is 260 g/mol. The maximum atomic E-state index is 12.9. The third kappa shape index (κ3) is 3.19. The number of halogens is 3. The Morgan fingerprint density at radius 3 is 2.61 bits per heavy atom. The van der Waals surface area contributed by atoms with Crippen LogP contribution in [0.2, 0.25) is 0 Å². The van der Waals surface area contributed by atoms with Gasteiger partial charge in [0.15, 0.2) is 11.6 Å². The van der Waals surface area contributed by atoms with Gasteiger partial charge in [-0.2, -0.15) is 0 Å². The Morgan fingerprint density at radius 2 is 2.06 bits per heavy atom. The van der Waals surface area contributed by atoms with Gasteiger partial charge in [-0.3, -0.25) is 4.79 Å². The molecule has 1 N–H and O–H groups in total. The lowest BCUT2D eigenvalue weighted by Gasteiger charge is -2.12. The fourth-order valence-electron chi connectivity index (χ4n) is 1.72. The number of carbonyl (C=O) groups excluding carboxylic acids is 1. The van der Waals surface area contributed by atoms with Crippen LogP contribution in [0, 0.1) is 17.0 Å². The normalized spacial score (nSPS) is 16.4. The zero-order chi connectivity index (χ0) is 13.2. The van der Waals surface area contributed by atoms with E-state index in [1.54, 1.807) is 0 Å². The van der Waals surface area contributed by atoms with Crippen LogP contribution in [0.4, 0.5) is 8.78 Å². The molecule has 0 aliphatic heterocycles. The molecule has 0 saturated heterocycles. The molecule has 0 heterocycles. The first-order valence-electron chi connectivity index (χ1n) is 5.81. The number of amides is 1. The molecular formula is C13H14ClF2NO. The number of hydrogen-bond donors (Lipinski definition) is 1. The van der Waals surface area contributed by atoms with E-state index in [2.05, 4.69) is 5.32 Å². The van der Waals surface area contributed by atoms with Crippen LogP contribution in [0.5, 0.6) is 0 Å². The average molecular weight is 274 g/mol. The number of carbonyl (C=O) groups is 1. The third-order valence-electron chi connectivity index (χ3n) is 3.25. The molecule has 0 aromatic heterocycles. The van der Waals surface area contributed by atoms with E-state index in [9.17, 15) is 13.6 Å². The summed E-state index contributed by atoms with van der Waals surface area (Å²) in [6.07, 6.45) is 2.11. The van der Waals surface area contributed by atoms with Crippen molar-refractivity contribution in [2.45, 2.75) is 19.3 Å². The predicted molar refractivity (Wildman–Crippen MR) is 65.5 cm³/mol. The highest BCUT2D eigenvalue weighted by atomic mass is 35.5. The smallest absolute Gasteiger partial charge is 0.224 e. The van der Waals surface area contributed by atoms with Crippen LogP contribution in [0.1, 0.15) is 18.4 Å². The van der Waals surface area contributed by atoms with Crippen molar-refractivity contribution >= 4 is 17.5 Å². The Bertz CT molecular complexity index is 460. The first-order chi connectivity index (χ1) is 8.54. The standard InChI is InChI=1S/C13H14ClF2NO/c14-7-13(3-4-13)8-17-12(18)6-9-1-2-10(15)11(16)5-9/h1-2,5H,3-4,6-8H2,(H,17,18). The highest BCUT2D eigenvalue weighted by molar-refractivity contribution is 6.18. The van der Waals surface area contributed by atoms with Crippen LogP contribution in [-0.2, 0) is 11.2 Å². The van der Waals surface area contributed by atoms with Gasteiger partial charge >= 0.3 is 0 Å². The molecule has 1 aromatic carbocycles. The van der Waals surface area contributed by atoms with Crippen molar-refractivity contribution in [1.82, 2.24) is 5.32 Å². The maximum absolute atomic E-state index is 12.9. The Kier molecular flexibility index (Phi) is 3.85. The van der Waals surface area contributed by atoms with E-state index >= 15 is 0 Å². The number of nitrogens with one attached hydrogen (secondary N) is 1. The molecule has 1 aromatic rings. The summed E-state index contributed by atoms with van der Waals surface area (Å²) in [5.74, 6) is -1.49. The van der Waals surface area contributed by atoms with E-state index in [-0.39, 0.29) is 17.7 Å². The Labute approximate surface area is 109 Å².